The number of anilines is 2. The predicted molar refractivity (Wildman–Crippen MR) is 128 cm³/mol. The van der Waals surface area contributed by atoms with Crippen molar-refractivity contribution in [1.82, 2.24) is 24.9 Å². The van der Waals surface area contributed by atoms with Gasteiger partial charge in [0.05, 0.1) is 37.3 Å². The molecule has 0 fully saturated rings. The maximum Gasteiger partial charge on any atom is 0.225 e. The lowest BCUT2D eigenvalue weighted by atomic mass is 10.2. The predicted octanol–water partition coefficient (Wildman–Crippen LogP) is 4.14. The molecule has 2 aromatic carbocycles. The molecule has 33 heavy (non-hydrogen) atoms. The van der Waals surface area contributed by atoms with Crippen molar-refractivity contribution in [2.45, 2.75) is 13.1 Å². The highest BCUT2D eigenvalue weighted by atomic mass is 16.5. The van der Waals surface area contributed by atoms with Crippen LogP contribution in [0.25, 0.3) is 21.9 Å². The number of nitrogens with one attached hydrogen (secondary N) is 3. The molecule has 9 heteroatoms. The fraction of sp³-hybridized carbons (Fsp3) is 0.167. The summed E-state index contributed by atoms with van der Waals surface area (Å²) < 4.78 is 11.0. The van der Waals surface area contributed by atoms with Gasteiger partial charge in [-0.25, -0.2) is 9.97 Å². The second-order valence-corrected chi connectivity index (χ2v) is 7.39. The first-order chi connectivity index (χ1) is 16.2. The Bertz CT molecular complexity index is 1370. The molecule has 3 aromatic heterocycles. The molecule has 0 bridgehead atoms. The number of methoxy groups -OCH3 is 2. The van der Waals surface area contributed by atoms with Crippen LogP contribution >= 0.6 is 0 Å². The van der Waals surface area contributed by atoms with Gasteiger partial charge in [0.2, 0.25) is 5.95 Å². The second-order valence-electron chi connectivity index (χ2n) is 7.39. The molecule has 166 valence electrons. The molecule has 0 radical (unpaired) electrons. The normalized spacial score (nSPS) is 11.0. The van der Waals surface area contributed by atoms with Crippen molar-refractivity contribution < 1.29 is 9.47 Å². The molecular weight excluding hydrogens is 418 g/mol. The Kier molecular flexibility index (Phi) is 5.59. The van der Waals surface area contributed by atoms with Crippen molar-refractivity contribution in [1.29, 1.82) is 0 Å². The van der Waals surface area contributed by atoms with Crippen LogP contribution in [0.5, 0.6) is 11.5 Å². The molecule has 0 aliphatic rings. The zero-order chi connectivity index (χ0) is 22.6. The molecule has 0 atom stereocenters. The summed E-state index contributed by atoms with van der Waals surface area (Å²) in [5.74, 6) is 3.18. The monoisotopic (exact) mass is 441 g/mol. The lowest BCUT2D eigenvalue weighted by Crippen LogP contribution is -2.09. The molecule has 0 amide bonds. The number of nitrogens with zero attached hydrogens (tertiary/aromatic N) is 4. The molecular formula is C24H23N7O2. The van der Waals surface area contributed by atoms with Gasteiger partial charge in [0, 0.05) is 30.4 Å². The average molecular weight is 441 g/mol. The molecule has 9 nitrogen and oxygen atoms in total. The van der Waals surface area contributed by atoms with Crippen LogP contribution in [0.15, 0.2) is 60.9 Å². The molecule has 5 aromatic rings. The van der Waals surface area contributed by atoms with Crippen molar-refractivity contribution in [3.05, 3.63) is 72.3 Å². The minimum atomic E-state index is 0.469. The average Bonchev–Trinajstić information content (AvgIpc) is 3.29. The minimum absolute atomic E-state index is 0.469. The molecule has 3 heterocycles. The number of H-pyrrole nitrogens is 1. The van der Waals surface area contributed by atoms with E-state index >= 15 is 0 Å². The highest BCUT2D eigenvalue weighted by Crippen LogP contribution is 2.34. The quantitative estimate of drug-likeness (QED) is 0.330. The van der Waals surface area contributed by atoms with Crippen molar-refractivity contribution in [2.75, 3.05) is 24.9 Å². The Hall–Kier alpha value is -4.40. The first kappa shape index (κ1) is 20.5. The summed E-state index contributed by atoms with van der Waals surface area (Å²) in [4.78, 5) is 21.5. The van der Waals surface area contributed by atoms with Gasteiger partial charge in [-0.1, -0.05) is 18.2 Å². The van der Waals surface area contributed by atoms with Crippen molar-refractivity contribution >= 4 is 33.7 Å². The molecule has 0 saturated carbocycles. The minimum Gasteiger partial charge on any atom is -0.493 e. The van der Waals surface area contributed by atoms with Crippen LogP contribution in [0.1, 0.15) is 11.4 Å². The van der Waals surface area contributed by atoms with Gasteiger partial charge in [-0.3, -0.25) is 4.98 Å². The van der Waals surface area contributed by atoms with Gasteiger partial charge < -0.3 is 25.1 Å². The lowest BCUT2D eigenvalue weighted by molar-refractivity contribution is 0.356. The Morgan fingerprint density at radius 2 is 1.70 bits per heavy atom. The van der Waals surface area contributed by atoms with Crippen LogP contribution in [0.2, 0.25) is 0 Å². The van der Waals surface area contributed by atoms with Crippen molar-refractivity contribution in [3.8, 4) is 11.5 Å². The van der Waals surface area contributed by atoms with Gasteiger partial charge in [-0.15, -0.1) is 0 Å². The highest BCUT2D eigenvalue weighted by molar-refractivity contribution is 5.92. The number of pyridine rings is 1. The van der Waals surface area contributed by atoms with Crippen LogP contribution in [-0.2, 0) is 13.1 Å². The van der Waals surface area contributed by atoms with Gasteiger partial charge in [-0.05, 0) is 29.8 Å². The Morgan fingerprint density at radius 3 is 2.48 bits per heavy atom. The van der Waals surface area contributed by atoms with Crippen LogP contribution in [0.4, 0.5) is 11.8 Å². The number of rotatable bonds is 8. The number of benzene rings is 2. The molecule has 5 rings (SSSR count). The van der Waals surface area contributed by atoms with Crippen molar-refractivity contribution in [2.24, 2.45) is 0 Å². The van der Waals surface area contributed by atoms with Crippen LogP contribution in [0, 0.1) is 0 Å². The fourth-order valence-electron chi connectivity index (χ4n) is 3.61. The third-order valence-electron chi connectivity index (χ3n) is 5.24. The smallest absolute Gasteiger partial charge is 0.225 e. The number of hydrogen-bond donors (Lipinski definition) is 3. The van der Waals surface area contributed by atoms with E-state index in [-0.39, 0.29) is 0 Å². The molecule has 0 aliphatic heterocycles. The van der Waals surface area contributed by atoms with E-state index in [1.807, 2.05) is 54.7 Å². The van der Waals surface area contributed by atoms with Gasteiger partial charge >= 0.3 is 0 Å². The molecule has 0 saturated heterocycles. The fourth-order valence-corrected chi connectivity index (χ4v) is 3.61. The van der Waals surface area contributed by atoms with E-state index in [1.54, 1.807) is 20.4 Å². The van der Waals surface area contributed by atoms with E-state index in [0.29, 0.717) is 36.4 Å². The zero-order valence-corrected chi connectivity index (χ0v) is 18.3. The van der Waals surface area contributed by atoms with Gasteiger partial charge in [-0.2, -0.15) is 4.98 Å². The van der Waals surface area contributed by atoms with E-state index in [2.05, 4.69) is 30.6 Å². The molecule has 3 N–H and O–H groups in total. The largest absolute Gasteiger partial charge is 0.493 e. The number of para-hydroxylation sites is 2. The lowest BCUT2D eigenvalue weighted by Gasteiger charge is -2.14. The Balaban J connectivity index is 1.48. The Labute approximate surface area is 190 Å². The van der Waals surface area contributed by atoms with Crippen molar-refractivity contribution in [3.63, 3.8) is 0 Å². The van der Waals surface area contributed by atoms with E-state index < -0.39 is 0 Å². The summed E-state index contributed by atoms with van der Waals surface area (Å²) in [6, 6.07) is 15.5. The van der Waals surface area contributed by atoms with Gasteiger partial charge in [0.25, 0.3) is 0 Å². The molecule has 0 unspecified atom stereocenters. The number of aromatic nitrogens is 5. The Morgan fingerprint density at radius 1 is 0.848 bits per heavy atom. The number of ether oxygens (including phenoxy) is 2. The van der Waals surface area contributed by atoms with Crippen LogP contribution in [0.3, 0.4) is 0 Å². The molecule has 0 spiro atoms. The van der Waals surface area contributed by atoms with Gasteiger partial charge in [0.15, 0.2) is 11.5 Å². The van der Waals surface area contributed by atoms with E-state index in [4.69, 9.17) is 14.5 Å². The summed E-state index contributed by atoms with van der Waals surface area (Å²) in [5, 5.41) is 7.50. The summed E-state index contributed by atoms with van der Waals surface area (Å²) in [6.45, 7) is 1.02. The van der Waals surface area contributed by atoms with E-state index in [1.165, 1.54) is 0 Å². The number of aromatic amines is 1. The summed E-state index contributed by atoms with van der Waals surface area (Å²) in [7, 11) is 3.21. The van der Waals surface area contributed by atoms with Crippen LogP contribution in [-0.4, -0.2) is 39.1 Å². The highest BCUT2D eigenvalue weighted by Gasteiger charge is 2.14. The third kappa shape index (κ3) is 4.33. The zero-order valence-electron chi connectivity index (χ0n) is 18.3. The summed E-state index contributed by atoms with van der Waals surface area (Å²) >= 11 is 0. The topological polar surface area (TPSA) is 110 Å². The first-order valence-electron chi connectivity index (χ1n) is 10.5. The number of imidazole rings is 1. The standard InChI is InChI=1S/C24H23N7O2/c1-32-20-10-16-19(11-21(20)33-2)30-24(27-13-15-6-5-9-25-12-15)31-23(16)26-14-22-28-17-7-3-4-8-18(17)29-22/h3-12H,13-14H2,1-2H3,(H,28,29)(H2,26,27,30,31). The van der Waals surface area contributed by atoms with Crippen LogP contribution < -0.4 is 20.1 Å². The summed E-state index contributed by atoms with van der Waals surface area (Å²) in [5.41, 5.74) is 3.67. The summed E-state index contributed by atoms with van der Waals surface area (Å²) in [6.07, 6.45) is 3.55. The SMILES string of the molecule is COc1cc2nc(NCc3cccnc3)nc(NCc3nc4ccccc4[nH]3)c2cc1OC. The van der Waals surface area contributed by atoms with E-state index in [0.717, 1.165) is 33.3 Å². The third-order valence-corrected chi connectivity index (χ3v) is 5.24. The number of fused-ring (bicyclic) bond motifs is 2. The molecule has 0 aliphatic carbocycles. The maximum absolute atomic E-state index is 5.49. The second kappa shape index (κ2) is 8.99. The maximum atomic E-state index is 5.49. The number of hydrogen-bond acceptors (Lipinski definition) is 8. The first-order valence-corrected chi connectivity index (χ1v) is 10.5. The van der Waals surface area contributed by atoms with Gasteiger partial charge in [0.1, 0.15) is 11.6 Å². The van der Waals surface area contributed by atoms with E-state index in [9.17, 15) is 0 Å².